The van der Waals surface area contributed by atoms with Crippen LogP contribution in [0.1, 0.15) is 30.5 Å². The number of rotatable bonds is 2. The zero-order valence-corrected chi connectivity index (χ0v) is 23.7. The molecule has 43 heavy (non-hydrogen) atoms. The molecule has 0 spiro atoms. The SMILES string of the molecule is C1=CC2=C(CC1)CCc1c2c2cc3c4ccccc4n(-c4ccc5oc6ccccc6c5c4)c3cc2n1-c1ccccc1. The van der Waals surface area contributed by atoms with Crippen LogP contribution >= 0.6 is 0 Å². The molecule has 2 aliphatic carbocycles. The summed E-state index contributed by atoms with van der Waals surface area (Å²) < 4.78 is 11.2. The molecule has 5 aromatic carbocycles. The minimum Gasteiger partial charge on any atom is -0.456 e. The van der Waals surface area contributed by atoms with Crippen LogP contribution in [0.5, 0.6) is 0 Å². The highest BCUT2D eigenvalue weighted by Gasteiger charge is 2.28. The van der Waals surface area contributed by atoms with Crippen molar-refractivity contribution >= 4 is 60.2 Å². The molecule has 8 aromatic rings. The van der Waals surface area contributed by atoms with Gasteiger partial charge in [-0.1, -0.05) is 72.3 Å². The van der Waals surface area contributed by atoms with Gasteiger partial charge in [-0.05, 0) is 85.9 Å². The molecule has 0 aliphatic heterocycles. The molecule has 0 atom stereocenters. The monoisotopic (exact) mass is 552 g/mol. The molecule has 0 amide bonds. The predicted molar refractivity (Wildman–Crippen MR) is 179 cm³/mol. The lowest BCUT2D eigenvalue weighted by molar-refractivity contribution is 0.669. The first-order valence-corrected chi connectivity index (χ1v) is 15.3. The van der Waals surface area contributed by atoms with E-state index in [1.165, 1.54) is 61.6 Å². The van der Waals surface area contributed by atoms with Gasteiger partial charge in [0.15, 0.2) is 0 Å². The van der Waals surface area contributed by atoms with Crippen LogP contribution < -0.4 is 0 Å². The van der Waals surface area contributed by atoms with E-state index in [9.17, 15) is 0 Å². The third-order valence-electron chi connectivity index (χ3n) is 9.70. The Morgan fingerprint density at radius 2 is 1.30 bits per heavy atom. The van der Waals surface area contributed by atoms with Gasteiger partial charge in [0.05, 0.1) is 16.6 Å². The highest BCUT2D eigenvalue weighted by Crippen LogP contribution is 2.46. The number of furan rings is 1. The van der Waals surface area contributed by atoms with Crippen molar-refractivity contribution in [1.82, 2.24) is 9.13 Å². The van der Waals surface area contributed by atoms with E-state index in [-0.39, 0.29) is 0 Å². The van der Waals surface area contributed by atoms with Gasteiger partial charge in [-0.3, -0.25) is 0 Å². The third-order valence-corrected chi connectivity index (χ3v) is 9.70. The fourth-order valence-corrected chi connectivity index (χ4v) is 7.84. The van der Waals surface area contributed by atoms with E-state index < -0.39 is 0 Å². The Bertz CT molecular complexity index is 2500. The number of para-hydroxylation sites is 3. The molecule has 0 unspecified atom stereocenters. The highest BCUT2D eigenvalue weighted by atomic mass is 16.3. The zero-order valence-electron chi connectivity index (χ0n) is 23.7. The van der Waals surface area contributed by atoms with Gasteiger partial charge >= 0.3 is 0 Å². The molecule has 0 bridgehead atoms. The Balaban J connectivity index is 1.34. The van der Waals surface area contributed by atoms with Crippen LogP contribution in [0.4, 0.5) is 0 Å². The summed E-state index contributed by atoms with van der Waals surface area (Å²) in [5, 5.41) is 6.22. The van der Waals surface area contributed by atoms with Crippen LogP contribution in [-0.2, 0) is 6.42 Å². The Labute approximate surface area is 248 Å². The number of benzene rings is 5. The van der Waals surface area contributed by atoms with Crippen LogP contribution in [0.15, 0.2) is 131 Å². The smallest absolute Gasteiger partial charge is 0.135 e. The number of hydrogen-bond donors (Lipinski definition) is 0. The minimum atomic E-state index is 0.920. The van der Waals surface area contributed by atoms with Crippen molar-refractivity contribution in [3.63, 3.8) is 0 Å². The van der Waals surface area contributed by atoms with E-state index in [4.69, 9.17) is 4.42 Å². The average Bonchev–Trinajstić information content (AvgIpc) is 3.71. The number of hydrogen-bond acceptors (Lipinski definition) is 1. The summed E-state index contributed by atoms with van der Waals surface area (Å²) in [5.41, 5.74) is 13.9. The van der Waals surface area contributed by atoms with Crippen molar-refractivity contribution in [2.24, 2.45) is 0 Å². The second-order valence-corrected chi connectivity index (χ2v) is 12.0. The third kappa shape index (κ3) is 3.19. The first-order chi connectivity index (χ1) is 21.3. The summed E-state index contributed by atoms with van der Waals surface area (Å²) in [7, 11) is 0. The number of nitrogens with zero attached hydrogens (tertiary/aromatic N) is 2. The summed E-state index contributed by atoms with van der Waals surface area (Å²) in [6.45, 7) is 0. The van der Waals surface area contributed by atoms with Crippen molar-refractivity contribution in [1.29, 1.82) is 0 Å². The Kier molecular flexibility index (Phi) is 4.67. The number of allylic oxidation sites excluding steroid dienone is 4. The molecule has 0 N–H and O–H groups in total. The number of aromatic nitrogens is 2. The topological polar surface area (TPSA) is 23.0 Å². The molecule has 3 heteroatoms. The van der Waals surface area contributed by atoms with Gasteiger partial charge < -0.3 is 13.6 Å². The molecular weight excluding hydrogens is 524 g/mol. The molecule has 0 radical (unpaired) electrons. The van der Waals surface area contributed by atoms with Gasteiger partial charge in [-0.2, -0.15) is 0 Å². The van der Waals surface area contributed by atoms with Gasteiger partial charge in [0.25, 0.3) is 0 Å². The molecule has 204 valence electrons. The normalized spacial score (nSPS) is 14.9. The molecule has 3 nitrogen and oxygen atoms in total. The van der Waals surface area contributed by atoms with Crippen molar-refractivity contribution in [2.45, 2.75) is 25.7 Å². The van der Waals surface area contributed by atoms with Crippen LogP contribution in [0.25, 0.3) is 71.6 Å². The van der Waals surface area contributed by atoms with Crippen LogP contribution in [-0.4, -0.2) is 9.13 Å². The van der Waals surface area contributed by atoms with Gasteiger partial charge in [-0.25, -0.2) is 0 Å². The van der Waals surface area contributed by atoms with E-state index in [2.05, 4.69) is 118 Å². The lowest BCUT2D eigenvalue weighted by Gasteiger charge is -2.23. The molecule has 3 heterocycles. The largest absolute Gasteiger partial charge is 0.456 e. The first-order valence-electron chi connectivity index (χ1n) is 15.3. The van der Waals surface area contributed by atoms with Gasteiger partial charge in [0.1, 0.15) is 11.2 Å². The molecule has 0 saturated heterocycles. The van der Waals surface area contributed by atoms with E-state index >= 15 is 0 Å². The lowest BCUT2D eigenvalue weighted by atomic mass is 9.83. The summed E-state index contributed by atoms with van der Waals surface area (Å²) in [6.07, 6.45) is 9.29. The molecule has 2 aliphatic rings. The Hall–Kier alpha value is -5.28. The molecule has 10 rings (SSSR count). The summed E-state index contributed by atoms with van der Waals surface area (Å²) in [4.78, 5) is 0. The van der Waals surface area contributed by atoms with Crippen molar-refractivity contribution in [2.75, 3.05) is 0 Å². The standard InChI is InChI=1S/C40H28N2O/c1-2-11-26(12-3-1)41-35-20-18-25-10-4-5-13-28(25)40(35)33-23-31-29-14-6-8-16-34(29)42(36(31)24-37(33)41)27-19-21-39-32(22-27)30-15-7-9-17-38(30)43-39/h1-3,5-9,11-17,19,21-24H,4,10,18,20H2. The van der Waals surface area contributed by atoms with Crippen molar-refractivity contribution in [3.8, 4) is 11.4 Å². The van der Waals surface area contributed by atoms with Gasteiger partial charge in [0, 0.05) is 49.6 Å². The molecule has 0 fully saturated rings. The maximum Gasteiger partial charge on any atom is 0.135 e. The predicted octanol–water partition coefficient (Wildman–Crippen LogP) is 10.7. The van der Waals surface area contributed by atoms with E-state index in [0.29, 0.717) is 0 Å². The summed E-state index contributed by atoms with van der Waals surface area (Å²) in [6, 6.07) is 39.6. The van der Waals surface area contributed by atoms with Gasteiger partial charge in [-0.15, -0.1) is 0 Å². The Morgan fingerprint density at radius 1 is 0.512 bits per heavy atom. The second kappa shape index (κ2) is 8.62. The van der Waals surface area contributed by atoms with Crippen molar-refractivity contribution in [3.05, 3.63) is 138 Å². The average molecular weight is 553 g/mol. The first kappa shape index (κ1) is 23.3. The van der Waals surface area contributed by atoms with Crippen LogP contribution in [0, 0.1) is 0 Å². The van der Waals surface area contributed by atoms with Gasteiger partial charge in [0.2, 0.25) is 0 Å². The molecule has 3 aromatic heterocycles. The van der Waals surface area contributed by atoms with E-state index in [1.807, 2.05) is 12.1 Å². The van der Waals surface area contributed by atoms with Crippen molar-refractivity contribution < 1.29 is 4.42 Å². The number of fused-ring (bicyclic) bond motifs is 10. The maximum absolute atomic E-state index is 6.19. The molecule has 0 saturated carbocycles. The lowest BCUT2D eigenvalue weighted by Crippen LogP contribution is -2.09. The van der Waals surface area contributed by atoms with E-state index in [0.717, 1.165) is 46.9 Å². The minimum absolute atomic E-state index is 0.920. The summed E-state index contributed by atoms with van der Waals surface area (Å²) >= 11 is 0. The maximum atomic E-state index is 6.19. The highest BCUT2D eigenvalue weighted by molar-refractivity contribution is 6.16. The molecular formula is C40H28N2O. The Morgan fingerprint density at radius 3 is 2.23 bits per heavy atom. The fraction of sp³-hybridized carbons (Fsp3) is 0.100. The van der Waals surface area contributed by atoms with Crippen LogP contribution in [0.3, 0.4) is 0 Å². The quantitative estimate of drug-likeness (QED) is 0.209. The fourth-order valence-electron chi connectivity index (χ4n) is 7.84. The summed E-state index contributed by atoms with van der Waals surface area (Å²) in [5.74, 6) is 0. The van der Waals surface area contributed by atoms with Crippen LogP contribution in [0.2, 0.25) is 0 Å². The van der Waals surface area contributed by atoms with E-state index in [1.54, 1.807) is 5.57 Å². The second-order valence-electron chi connectivity index (χ2n) is 12.0. The zero-order chi connectivity index (χ0) is 28.1.